The highest BCUT2D eigenvalue weighted by Gasteiger charge is 2.31. The molecular weight excluding hydrogens is 244 g/mol. The van der Waals surface area contributed by atoms with Crippen LogP contribution in [0.25, 0.3) is 0 Å². The third-order valence-electron chi connectivity index (χ3n) is 3.78. The SMILES string of the molecule is CC(C=O)=CC1CC(=O)CCC1OC1CCCCO1. The second kappa shape index (κ2) is 6.96. The molecule has 0 bridgehead atoms. The van der Waals surface area contributed by atoms with Crippen LogP contribution in [-0.4, -0.2) is 31.1 Å². The summed E-state index contributed by atoms with van der Waals surface area (Å²) in [6, 6.07) is 0. The van der Waals surface area contributed by atoms with Crippen LogP contribution < -0.4 is 0 Å². The van der Waals surface area contributed by atoms with E-state index in [1.807, 2.05) is 6.08 Å². The Morgan fingerprint density at radius 1 is 1.37 bits per heavy atom. The number of carbonyl (C=O) groups is 2. The molecule has 2 rings (SSSR count). The van der Waals surface area contributed by atoms with Crippen LogP contribution in [0, 0.1) is 5.92 Å². The Morgan fingerprint density at radius 3 is 2.89 bits per heavy atom. The predicted molar refractivity (Wildman–Crippen MR) is 70.6 cm³/mol. The molecule has 19 heavy (non-hydrogen) atoms. The average molecular weight is 266 g/mol. The molecule has 1 saturated carbocycles. The molecule has 0 N–H and O–H groups in total. The molecule has 0 spiro atoms. The third-order valence-corrected chi connectivity index (χ3v) is 3.78. The number of hydrogen-bond acceptors (Lipinski definition) is 4. The smallest absolute Gasteiger partial charge is 0.157 e. The molecule has 1 aliphatic heterocycles. The van der Waals surface area contributed by atoms with Crippen molar-refractivity contribution in [3.63, 3.8) is 0 Å². The molecule has 2 fully saturated rings. The number of Topliss-reactive ketones (excluding diaryl/α,β-unsaturated/α-hetero) is 1. The van der Waals surface area contributed by atoms with E-state index >= 15 is 0 Å². The summed E-state index contributed by atoms with van der Waals surface area (Å²) in [6.45, 7) is 2.52. The minimum absolute atomic E-state index is 0.00398. The Kier molecular flexibility index (Phi) is 5.28. The molecule has 0 aromatic rings. The van der Waals surface area contributed by atoms with Crippen molar-refractivity contribution in [2.75, 3.05) is 6.61 Å². The molecule has 0 aromatic carbocycles. The van der Waals surface area contributed by atoms with Crippen LogP contribution in [-0.2, 0) is 19.1 Å². The summed E-state index contributed by atoms with van der Waals surface area (Å²) in [6.07, 6.45) is 7.48. The summed E-state index contributed by atoms with van der Waals surface area (Å²) >= 11 is 0. The minimum atomic E-state index is -0.139. The molecule has 4 nitrogen and oxygen atoms in total. The summed E-state index contributed by atoms with van der Waals surface area (Å²) in [7, 11) is 0. The Hall–Kier alpha value is -1.00. The van der Waals surface area contributed by atoms with Crippen molar-refractivity contribution in [3.8, 4) is 0 Å². The van der Waals surface area contributed by atoms with Crippen LogP contribution >= 0.6 is 0 Å². The monoisotopic (exact) mass is 266 g/mol. The van der Waals surface area contributed by atoms with Gasteiger partial charge in [-0.25, -0.2) is 0 Å². The van der Waals surface area contributed by atoms with Crippen molar-refractivity contribution in [2.24, 2.45) is 5.92 Å². The van der Waals surface area contributed by atoms with Gasteiger partial charge in [-0.05, 0) is 38.2 Å². The number of allylic oxidation sites excluding steroid dienone is 1. The standard InChI is InChI=1S/C15H22O4/c1-11(10-16)8-12-9-13(17)5-6-14(12)19-15-4-2-3-7-18-15/h8,10,12,14-15H,2-7,9H2,1H3. The van der Waals surface area contributed by atoms with E-state index in [4.69, 9.17) is 9.47 Å². The van der Waals surface area contributed by atoms with E-state index in [-0.39, 0.29) is 24.1 Å². The van der Waals surface area contributed by atoms with Gasteiger partial charge in [-0.3, -0.25) is 9.59 Å². The van der Waals surface area contributed by atoms with Crippen molar-refractivity contribution in [2.45, 2.75) is 57.8 Å². The maximum absolute atomic E-state index is 11.6. The highest BCUT2D eigenvalue weighted by molar-refractivity contribution is 5.80. The molecule has 1 saturated heterocycles. The van der Waals surface area contributed by atoms with Crippen LogP contribution in [0.5, 0.6) is 0 Å². The molecule has 4 heteroatoms. The van der Waals surface area contributed by atoms with E-state index in [0.29, 0.717) is 18.4 Å². The fourth-order valence-electron chi connectivity index (χ4n) is 2.74. The van der Waals surface area contributed by atoms with E-state index in [1.54, 1.807) is 6.92 Å². The molecule has 3 atom stereocenters. The van der Waals surface area contributed by atoms with Crippen molar-refractivity contribution >= 4 is 12.1 Å². The third kappa shape index (κ3) is 4.25. The predicted octanol–water partition coefficient (Wildman–Crippen LogP) is 2.41. The van der Waals surface area contributed by atoms with Crippen molar-refractivity contribution in [3.05, 3.63) is 11.6 Å². The Labute approximate surface area is 114 Å². The van der Waals surface area contributed by atoms with Crippen molar-refractivity contribution < 1.29 is 19.1 Å². The lowest BCUT2D eigenvalue weighted by Gasteiger charge is -2.33. The van der Waals surface area contributed by atoms with Crippen LogP contribution in [0.4, 0.5) is 0 Å². The van der Waals surface area contributed by atoms with Gasteiger partial charge in [0.05, 0.1) is 6.10 Å². The first-order chi connectivity index (χ1) is 9.19. The minimum Gasteiger partial charge on any atom is -0.353 e. The number of aldehydes is 1. The summed E-state index contributed by atoms with van der Waals surface area (Å²) in [4.78, 5) is 22.3. The van der Waals surface area contributed by atoms with Gasteiger partial charge in [0.25, 0.3) is 0 Å². The number of carbonyl (C=O) groups excluding carboxylic acids is 2. The van der Waals surface area contributed by atoms with E-state index in [9.17, 15) is 9.59 Å². The fraction of sp³-hybridized carbons (Fsp3) is 0.733. The van der Waals surface area contributed by atoms with E-state index in [0.717, 1.165) is 38.6 Å². The molecule has 0 amide bonds. The van der Waals surface area contributed by atoms with Gasteiger partial charge in [-0.1, -0.05) is 6.08 Å². The molecule has 1 heterocycles. The topological polar surface area (TPSA) is 52.6 Å². The number of ketones is 1. The number of ether oxygens (including phenoxy) is 2. The average Bonchev–Trinajstić information content (AvgIpc) is 2.43. The van der Waals surface area contributed by atoms with Gasteiger partial charge in [0.1, 0.15) is 12.1 Å². The molecule has 1 aliphatic carbocycles. The second-order valence-electron chi connectivity index (χ2n) is 5.44. The van der Waals surface area contributed by atoms with Crippen LogP contribution in [0.3, 0.4) is 0 Å². The molecule has 0 aromatic heterocycles. The number of hydrogen-bond donors (Lipinski definition) is 0. The maximum Gasteiger partial charge on any atom is 0.157 e. The van der Waals surface area contributed by atoms with Gasteiger partial charge in [0, 0.05) is 25.4 Å². The van der Waals surface area contributed by atoms with Gasteiger partial charge in [-0.15, -0.1) is 0 Å². The Morgan fingerprint density at radius 2 is 2.21 bits per heavy atom. The Bertz CT molecular complexity index is 355. The molecular formula is C15H22O4. The highest BCUT2D eigenvalue weighted by atomic mass is 16.7. The fourth-order valence-corrected chi connectivity index (χ4v) is 2.74. The van der Waals surface area contributed by atoms with Crippen LogP contribution in [0.15, 0.2) is 11.6 Å². The first-order valence-electron chi connectivity index (χ1n) is 7.11. The zero-order valence-electron chi connectivity index (χ0n) is 11.5. The first-order valence-corrected chi connectivity index (χ1v) is 7.11. The van der Waals surface area contributed by atoms with E-state index in [2.05, 4.69) is 0 Å². The first kappa shape index (κ1) is 14.4. The summed E-state index contributed by atoms with van der Waals surface area (Å²) < 4.78 is 11.6. The van der Waals surface area contributed by atoms with Gasteiger partial charge in [0.2, 0.25) is 0 Å². The summed E-state index contributed by atoms with van der Waals surface area (Å²) in [5.41, 5.74) is 0.665. The molecule has 106 valence electrons. The van der Waals surface area contributed by atoms with Crippen molar-refractivity contribution in [1.82, 2.24) is 0 Å². The zero-order valence-corrected chi connectivity index (χ0v) is 11.5. The zero-order chi connectivity index (χ0) is 13.7. The lowest BCUT2D eigenvalue weighted by Crippen LogP contribution is -2.36. The molecule has 3 unspecified atom stereocenters. The largest absolute Gasteiger partial charge is 0.353 e. The van der Waals surface area contributed by atoms with Gasteiger partial charge in [-0.2, -0.15) is 0 Å². The highest BCUT2D eigenvalue weighted by Crippen LogP contribution is 2.29. The Balaban J connectivity index is 1.98. The van der Waals surface area contributed by atoms with Crippen LogP contribution in [0.1, 0.15) is 45.4 Å². The maximum atomic E-state index is 11.6. The quantitative estimate of drug-likeness (QED) is 0.579. The van der Waals surface area contributed by atoms with Crippen LogP contribution in [0.2, 0.25) is 0 Å². The molecule has 2 aliphatic rings. The summed E-state index contributed by atoms with van der Waals surface area (Å²) in [5.74, 6) is 0.265. The number of rotatable bonds is 4. The van der Waals surface area contributed by atoms with Gasteiger partial charge >= 0.3 is 0 Å². The van der Waals surface area contributed by atoms with Gasteiger partial charge in [0.15, 0.2) is 6.29 Å². The van der Waals surface area contributed by atoms with E-state index in [1.165, 1.54) is 0 Å². The van der Waals surface area contributed by atoms with Crippen molar-refractivity contribution in [1.29, 1.82) is 0 Å². The van der Waals surface area contributed by atoms with Gasteiger partial charge < -0.3 is 9.47 Å². The molecule has 0 radical (unpaired) electrons. The lowest BCUT2D eigenvalue weighted by atomic mass is 9.84. The summed E-state index contributed by atoms with van der Waals surface area (Å²) in [5, 5.41) is 0. The van der Waals surface area contributed by atoms with E-state index < -0.39 is 0 Å². The second-order valence-corrected chi connectivity index (χ2v) is 5.44. The normalized spacial score (nSPS) is 33.2. The lowest BCUT2D eigenvalue weighted by molar-refractivity contribution is -0.200.